The van der Waals surface area contributed by atoms with Gasteiger partial charge in [0.1, 0.15) is 11.4 Å². The van der Waals surface area contributed by atoms with E-state index in [1.54, 1.807) is 23.1 Å². The predicted molar refractivity (Wildman–Crippen MR) is 159 cm³/mol. The SMILES string of the molecule is CC(=O)NC[C@H]1CCC(=O)N1c1cc(C)c(/C=C/S(=O)(=O)N2CCC3(CC2)N=C(c2cccc(OF)c2)NC3=O)c(C)c1. The number of anilines is 1. The van der Waals surface area contributed by atoms with Gasteiger partial charge in [0.05, 0.1) is 6.04 Å². The van der Waals surface area contributed by atoms with E-state index in [0.717, 1.165) is 16.7 Å². The summed E-state index contributed by atoms with van der Waals surface area (Å²) in [5.74, 6) is -0.205. The highest BCUT2D eigenvalue weighted by Gasteiger charge is 2.47. The Kier molecular flexibility index (Phi) is 8.39. The average Bonchev–Trinajstić information content (AvgIpc) is 3.50. The van der Waals surface area contributed by atoms with E-state index in [2.05, 4.69) is 20.6 Å². The van der Waals surface area contributed by atoms with E-state index in [1.807, 2.05) is 26.0 Å². The molecule has 2 aromatic carbocycles. The van der Waals surface area contributed by atoms with E-state index in [9.17, 15) is 27.3 Å². The zero-order valence-corrected chi connectivity index (χ0v) is 25.0. The molecule has 43 heavy (non-hydrogen) atoms. The second kappa shape index (κ2) is 11.9. The minimum absolute atomic E-state index is 0.0149. The van der Waals surface area contributed by atoms with Gasteiger partial charge < -0.3 is 15.5 Å². The van der Waals surface area contributed by atoms with Gasteiger partial charge in [-0.05, 0) is 80.1 Å². The number of amidine groups is 1. The van der Waals surface area contributed by atoms with Crippen LogP contribution in [0.25, 0.3) is 6.08 Å². The van der Waals surface area contributed by atoms with Crippen molar-refractivity contribution in [2.75, 3.05) is 24.5 Å². The summed E-state index contributed by atoms with van der Waals surface area (Å²) in [5, 5.41) is 6.70. The first-order chi connectivity index (χ1) is 20.4. The minimum Gasteiger partial charge on any atom is -0.354 e. The lowest BCUT2D eigenvalue weighted by atomic mass is 9.89. The van der Waals surface area contributed by atoms with Crippen LogP contribution in [0.5, 0.6) is 5.75 Å². The third kappa shape index (κ3) is 6.18. The van der Waals surface area contributed by atoms with Gasteiger partial charge in [0.25, 0.3) is 5.91 Å². The van der Waals surface area contributed by atoms with Gasteiger partial charge in [0.15, 0.2) is 5.75 Å². The molecule has 228 valence electrons. The lowest BCUT2D eigenvalue weighted by Crippen LogP contribution is -2.50. The molecule has 0 bridgehead atoms. The van der Waals surface area contributed by atoms with Crippen LogP contribution in [-0.4, -0.2) is 67.5 Å². The third-order valence-electron chi connectivity index (χ3n) is 8.26. The number of rotatable bonds is 8. The Morgan fingerprint density at radius 2 is 1.88 bits per heavy atom. The second-order valence-corrected chi connectivity index (χ2v) is 13.0. The maximum absolute atomic E-state index is 13.3. The summed E-state index contributed by atoms with van der Waals surface area (Å²) >= 11 is 0. The summed E-state index contributed by atoms with van der Waals surface area (Å²) in [6, 6.07) is 9.69. The smallest absolute Gasteiger partial charge is 0.253 e. The van der Waals surface area contributed by atoms with E-state index in [4.69, 9.17) is 0 Å². The molecule has 0 aromatic heterocycles. The highest BCUT2D eigenvalue weighted by Crippen LogP contribution is 2.34. The summed E-state index contributed by atoms with van der Waals surface area (Å²) < 4.78 is 40.5. The van der Waals surface area contributed by atoms with Crippen molar-refractivity contribution >= 4 is 45.3 Å². The predicted octanol–water partition coefficient (Wildman–Crippen LogP) is 2.91. The van der Waals surface area contributed by atoms with Crippen molar-refractivity contribution in [1.29, 1.82) is 0 Å². The Labute approximate surface area is 249 Å². The Morgan fingerprint density at radius 3 is 2.53 bits per heavy atom. The number of hydrogen-bond donors (Lipinski definition) is 2. The molecule has 2 aromatic rings. The molecule has 0 aliphatic carbocycles. The fourth-order valence-electron chi connectivity index (χ4n) is 5.94. The maximum Gasteiger partial charge on any atom is 0.253 e. The number of halogens is 1. The molecular formula is C30H34FN5O6S. The van der Waals surface area contributed by atoms with Gasteiger partial charge in [0.2, 0.25) is 21.8 Å². The summed E-state index contributed by atoms with van der Waals surface area (Å²) in [6.07, 6.45) is 3.00. The number of aryl methyl sites for hydroxylation is 2. The molecule has 5 rings (SSSR count). The molecule has 3 heterocycles. The van der Waals surface area contributed by atoms with Crippen molar-refractivity contribution in [1.82, 2.24) is 14.9 Å². The van der Waals surface area contributed by atoms with Gasteiger partial charge in [-0.1, -0.05) is 12.1 Å². The van der Waals surface area contributed by atoms with E-state index in [1.165, 1.54) is 28.8 Å². The Bertz CT molecular complexity index is 1610. The van der Waals surface area contributed by atoms with Crippen LogP contribution in [-0.2, 0) is 24.4 Å². The molecule has 0 radical (unpaired) electrons. The lowest BCUT2D eigenvalue weighted by Gasteiger charge is -2.34. The van der Waals surface area contributed by atoms with Crippen molar-refractivity contribution in [3.63, 3.8) is 0 Å². The van der Waals surface area contributed by atoms with Crippen LogP contribution in [0.2, 0.25) is 0 Å². The topological polar surface area (TPSA) is 137 Å². The summed E-state index contributed by atoms with van der Waals surface area (Å²) in [4.78, 5) is 47.1. The van der Waals surface area contributed by atoms with Crippen molar-refractivity contribution in [3.8, 4) is 5.75 Å². The van der Waals surface area contributed by atoms with Gasteiger partial charge in [-0.2, -0.15) is 4.31 Å². The van der Waals surface area contributed by atoms with E-state index >= 15 is 0 Å². The number of sulfonamides is 1. The molecule has 3 aliphatic rings. The molecule has 0 saturated carbocycles. The number of carbonyl (C=O) groups excluding carboxylic acids is 3. The molecule has 3 aliphatic heterocycles. The fourth-order valence-corrected chi connectivity index (χ4v) is 7.11. The molecule has 1 spiro atoms. The Balaban J connectivity index is 1.28. The zero-order valence-electron chi connectivity index (χ0n) is 24.2. The normalized spacial score (nSPS) is 20.5. The van der Waals surface area contributed by atoms with Crippen LogP contribution in [0.15, 0.2) is 46.8 Å². The molecule has 2 saturated heterocycles. The Hall–Kier alpha value is -4.10. The highest BCUT2D eigenvalue weighted by molar-refractivity contribution is 7.92. The standard InChI is InChI=1S/C30H34FN5O6S/c1-19-15-24(36-23(7-8-27(36)38)18-32-21(3)37)16-20(2)26(19)9-14-43(40,41)35-12-10-30(11-13-35)29(39)33-28(34-30)22-5-4-6-25(17-22)42-31/h4-6,9,14-17,23H,7-8,10-13,18H2,1-3H3,(H,32,37)(H,33,34,39)/b14-9+/t23-/m1/s1. The van der Waals surface area contributed by atoms with Crippen LogP contribution in [0, 0.1) is 13.8 Å². The Morgan fingerprint density at radius 1 is 1.19 bits per heavy atom. The molecular weight excluding hydrogens is 577 g/mol. The van der Waals surface area contributed by atoms with Crippen molar-refractivity contribution < 1.29 is 32.3 Å². The minimum atomic E-state index is -3.80. The quantitative estimate of drug-likeness (QED) is 0.471. The molecule has 2 fully saturated rings. The average molecular weight is 612 g/mol. The molecule has 0 unspecified atom stereocenters. The summed E-state index contributed by atoms with van der Waals surface area (Å²) in [7, 11) is -3.80. The second-order valence-electron chi connectivity index (χ2n) is 11.2. The largest absolute Gasteiger partial charge is 0.354 e. The first kappa shape index (κ1) is 30.4. The molecule has 1 atom stereocenters. The number of benzene rings is 2. The van der Waals surface area contributed by atoms with Gasteiger partial charge >= 0.3 is 0 Å². The number of amides is 3. The number of hydrogen-bond acceptors (Lipinski definition) is 7. The summed E-state index contributed by atoms with van der Waals surface area (Å²) in [6.45, 7) is 5.74. The van der Waals surface area contributed by atoms with E-state index < -0.39 is 15.6 Å². The fraction of sp³-hybridized carbons (Fsp3) is 0.400. The number of piperidine rings is 1. The van der Waals surface area contributed by atoms with Gasteiger partial charge in [-0.25, -0.2) is 8.42 Å². The van der Waals surface area contributed by atoms with Gasteiger partial charge in [-0.3, -0.25) is 24.3 Å². The lowest BCUT2D eigenvalue weighted by molar-refractivity contribution is -0.125. The molecule has 3 amide bonds. The summed E-state index contributed by atoms with van der Waals surface area (Å²) in [5.41, 5.74) is 2.47. The first-order valence-electron chi connectivity index (χ1n) is 14.1. The van der Waals surface area contributed by atoms with Crippen molar-refractivity contribution in [2.45, 2.75) is 58.0 Å². The van der Waals surface area contributed by atoms with Crippen LogP contribution < -0.4 is 20.5 Å². The first-order valence-corrected chi connectivity index (χ1v) is 15.6. The zero-order chi connectivity index (χ0) is 30.9. The number of nitrogens with zero attached hydrogens (tertiary/aromatic N) is 3. The van der Waals surface area contributed by atoms with Crippen LogP contribution in [0.3, 0.4) is 0 Å². The van der Waals surface area contributed by atoms with Gasteiger partial charge in [-0.15, -0.1) is 0 Å². The monoisotopic (exact) mass is 611 g/mol. The van der Waals surface area contributed by atoms with Crippen molar-refractivity contribution in [2.24, 2.45) is 4.99 Å². The number of carbonyl (C=O) groups is 3. The molecule has 13 heteroatoms. The molecule has 2 N–H and O–H groups in total. The van der Waals surface area contributed by atoms with Crippen LogP contribution in [0.1, 0.15) is 54.9 Å². The van der Waals surface area contributed by atoms with E-state index in [-0.39, 0.29) is 55.4 Å². The third-order valence-corrected chi connectivity index (χ3v) is 9.83. The molecule has 11 nitrogen and oxygen atoms in total. The highest BCUT2D eigenvalue weighted by atomic mass is 32.2. The van der Waals surface area contributed by atoms with E-state index in [0.29, 0.717) is 36.5 Å². The number of nitrogens with one attached hydrogen (secondary N) is 2. The van der Waals surface area contributed by atoms with Crippen LogP contribution >= 0.6 is 0 Å². The number of aliphatic imine (C=N–C) groups is 1. The van der Waals surface area contributed by atoms with Crippen LogP contribution in [0.4, 0.5) is 10.2 Å². The van der Waals surface area contributed by atoms with Gasteiger partial charge in [0, 0.05) is 54.2 Å². The van der Waals surface area contributed by atoms with Crippen molar-refractivity contribution in [3.05, 3.63) is 64.1 Å². The maximum atomic E-state index is 13.3.